The Morgan fingerprint density at radius 3 is 3.07 bits per heavy atom. The van der Waals surface area contributed by atoms with Crippen LogP contribution < -0.4 is 5.73 Å². The quantitative estimate of drug-likeness (QED) is 0.759. The smallest absolute Gasteiger partial charge is 0.159 e. The summed E-state index contributed by atoms with van der Waals surface area (Å²) in [5.74, 6) is 0.762. The van der Waals surface area contributed by atoms with E-state index in [1.165, 1.54) is 0 Å². The van der Waals surface area contributed by atoms with E-state index >= 15 is 0 Å². The van der Waals surface area contributed by atoms with Gasteiger partial charge in [-0.3, -0.25) is 0 Å². The number of rotatable bonds is 3. The van der Waals surface area contributed by atoms with Crippen molar-refractivity contribution in [3.05, 3.63) is 24.2 Å². The first-order valence-corrected chi connectivity index (χ1v) is 4.88. The molecule has 0 spiro atoms. The molecule has 0 saturated heterocycles. The summed E-state index contributed by atoms with van der Waals surface area (Å²) in [7, 11) is 1.88. The van der Waals surface area contributed by atoms with E-state index in [4.69, 9.17) is 10.8 Å². The first-order chi connectivity index (χ1) is 7.24. The summed E-state index contributed by atoms with van der Waals surface area (Å²) in [5, 5.41) is 8.83. The highest BCUT2D eigenvalue weighted by Gasteiger charge is 2.14. The van der Waals surface area contributed by atoms with Crippen molar-refractivity contribution in [2.24, 2.45) is 12.8 Å². The van der Waals surface area contributed by atoms with Crippen molar-refractivity contribution in [2.45, 2.75) is 12.5 Å². The van der Waals surface area contributed by atoms with Crippen LogP contribution in [0.2, 0.25) is 0 Å². The fourth-order valence-electron chi connectivity index (χ4n) is 1.64. The Hall–Kier alpha value is -1.46. The van der Waals surface area contributed by atoms with Crippen LogP contribution in [0, 0.1) is 0 Å². The Morgan fingerprint density at radius 2 is 2.40 bits per heavy atom. The Morgan fingerprint density at radius 1 is 1.60 bits per heavy atom. The van der Waals surface area contributed by atoms with Gasteiger partial charge >= 0.3 is 0 Å². The molecule has 0 aliphatic rings. The summed E-state index contributed by atoms with van der Waals surface area (Å²) in [6.07, 6.45) is 2.24. The molecule has 5 nitrogen and oxygen atoms in total. The van der Waals surface area contributed by atoms with E-state index in [2.05, 4.69) is 9.97 Å². The van der Waals surface area contributed by atoms with Crippen LogP contribution in [0.4, 0.5) is 0 Å². The molecule has 3 N–H and O–H groups in total. The number of imidazole rings is 1. The van der Waals surface area contributed by atoms with Gasteiger partial charge in [-0.2, -0.15) is 0 Å². The van der Waals surface area contributed by atoms with E-state index in [0.29, 0.717) is 6.42 Å². The number of aliphatic hydroxyl groups is 1. The zero-order chi connectivity index (χ0) is 10.8. The van der Waals surface area contributed by atoms with Gasteiger partial charge in [-0.05, 0) is 18.6 Å². The number of nitrogens with two attached hydrogens (primary N) is 1. The van der Waals surface area contributed by atoms with Crippen LogP contribution in [0.1, 0.15) is 18.3 Å². The molecular weight excluding hydrogens is 192 g/mol. The van der Waals surface area contributed by atoms with Gasteiger partial charge in [-0.25, -0.2) is 9.97 Å². The average Bonchev–Trinajstić information content (AvgIpc) is 2.57. The van der Waals surface area contributed by atoms with Crippen molar-refractivity contribution >= 4 is 11.2 Å². The minimum absolute atomic E-state index is 0.0673. The monoisotopic (exact) mass is 206 g/mol. The lowest BCUT2D eigenvalue weighted by atomic mass is 10.2. The minimum Gasteiger partial charge on any atom is -0.396 e. The number of hydrogen-bond donors (Lipinski definition) is 2. The van der Waals surface area contributed by atoms with Crippen LogP contribution in [-0.2, 0) is 7.05 Å². The fraction of sp³-hybridized carbons (Fsp3) is 0.400. The number of pyridine rings is 1. The number of hydrogen-bond acceptors (Lipinski definition) is 4. The maximum Gasteiger partial charge on any atom is 0.159 e. The van der Waals surface area contributed by atoms with Crippen molar-refractivity contribution in [1.82, 2.24) is 14.5 Å². The zero-order valence-corrected chi connectivity index (χ0v) is 8.59. The van der Waals surface area contributed by atoms with E-state index in [0.717, 1.165) is 17.0 Å². The lowest BCUT2D eigenvalue weighted by molar-refractivity contribution is 0.274. The van der Waals surface area contributed by atoms with Gasteiger partial charge in [-0.15, -0.1) is 0 Å². The second-order valence-electron chi connectivity index (χ2n) is 3.49. The molecule has 2 aromatic heterocycles. The topological polar surface area (TPSA) is 77.0 Å². The maximum absolute atomic E-state index is 8.83. The number of aromatic nitrogens is 3. The Kier molecular flexibility index (Phi) is 2.66. The lowest BCUT2D eigenvalue weighted by Gasteiger charge is -2.08. The molecule has 15 heavy (non-hydrogen) atoms. The van der Waals surface area contributed by atoms with Crippen molar-refractivity contribution in [1.29, 1.82) is 0 Å². The Bertz CT molecular complexity index is 465. The second-order valence-corrected chi connectivity index (χ2v) is 3.49. The van der Waals surface area contributed by atoms with E-state index in [1.54, 1.807) is 6.20 Å². The van der Waals surface area contributed by atoms with Crippen molar-refractivity contribution < 1.29 is 5.11 Å². The largest absolute Gasteiger partial charge is 0.396 e. The summed E-state index contributed by atoms with van der Waals surface area (Å²) < 4.78 is 1.87. The molecule has 2 heterocycles. The molecule has 5 heteroatoms. The molecule has 0 aromatic carbocycles. The molecule has 80 valence electrons. The van der Waals surface area contributed by atoms with E-state index in [1.807, 2.05) is 23.7 Å². The standard InChI is InChI=1S/C10H14N4O/c1-14-9(7(11)4-6-15)13-8-3-2-5-12-10(8)14/h2-3,5,7,15H,4,6,11H2,1H3. The molecule has 1 unspecified atom stereocenters. The van der Waals surface area contributed by atoms with Gasteiger partial charge in [-0.1, -0.05) is 0 Å². The van der Waals surface area contributed by atoms with E-state index in [-0.39, 0.29) is 12.6 Å². The summed E-state index contributed by atoms with van der Waals surface area (Å²) in [5.41, 5.74) is 7.56. The molecular formula is C10H14N4O. The van der Waals surface area contributed by atoms with Crippen LogP contribution in [0.15, 0.2) is 18.3 Å². The Labute approximate surface area is 87.6 Å². The highest BCUT2D eigenvalue weighted by Crippen LogP contribution is 2.17. The summed E-state index contributed by atoms with van der Waals surface area (Å²) in [6, 6.07) is 3.50. The van der Waals surface area contributed by atoms with Gasteiger partial charge in [0, 0.05) is 19.9 Å². The maximum atomic E-state index is 8.83. The van der Waals surface area contributed by atoms with Crippen LogP contribution in [0.5, 0.6) is 0 Å². The molecule has 2 aromatic rings. The minimum atomic E-state index is -0.241. The predicted molar refractivity (Wildman–Crippen MR) is 57.1 cm³/mol. The molecule has 0 saturated carbocycles. The van der Waals surface area contributed by atoms with Crippen LogP contribution in [0.3, 0.4) is 0 Å². The van der Waals surface area contributed by atoms with Crippen molar-refractivity contribution in [2.75, 3.05) is 6.61 Å². The first kappa shape index (κ1) is 10.1. The molecule has 0 bridgehead atoms. The number of nitrogens with zero attached hydrogens (tertiary/aromatic N) is 3. The summed E-state index contributed by atoms with van der Waals surface area (Å²) in [4.78, 5) is 8.62. The van der Waals surface area contributed by atoms with Gasteiger partial charge in [0.15, 0.2) is 5.65 Å². The second kappa shape index (κ2) is 3.96. The van der Waals surface area contributed by atoms with E-state index < -0.39 is 0 Å². The summed E-state index contributed by atoms with van der Waals surface area (Å²) in [6.45, 7) is 0.0673. The SMILES string of the molecule is Cn1c(C(N)CCO)nc2cccnc21. The van der Waals surface area contributed by atoms with Gasteiger partial charge in [0.2, 0.25) is 0 Å². The van der Waals surface area contributed by atoms with Crippen LogP contribution in [-0.4, -0.2) is 26.2 Å². The van der Waals surface area contributed by atoms with Gasteiger partial charge in [0.25, 0.3) is 0 Å². The number of aliphatic hydroxyl groups excluding tert-OH is 1. The van der Waals surface area contributed by atoms with Gasteiger partial charge in [0.05, 0.1) is 6.04 Å². The third kappa shape index (κ3) is 1.71. The predicted octanol–water partition coefficient (Wildman–Crippen LogP) is 0.350. The van der Waals surface area contributed by atoms with Gasteiger partial charge < -0.3 is 15.4 Å². The van der Waals surface area contributed by atoms with Crippen LogP contribution in [0.25, 0.3) is 11.2 Å². The lowest BCUT2D eigenvalue weighted by Crippen LogP contribution is -2.16. The molecule has 0 aliphatic heterocycles. The Balaban J connectivity index is 2.48. The third-order valence-corrected chi connectivity index (χ3v) is 2.43. The number of fused-ring (bicyclic) bond motifs is 1. The molecule has 1 atom stereocenters. The molecule has 2 rings (SSSR count). The zero-order valence-electron chi connectivity index (χ0n) is 8.59. The van der Waals surface area contributed by atoms with E-state index in [9.17, 15) is 0 Å². The highest BCUT2D eigenvalue weighted by molar-refractivity contribution is 5.71. The molecule has 0 amide bonds. The first-order valence-electron chi connectivity index (χ1n) is 4.88. The normalized spacial score (nSPS) is 13.3. The van der Waals surface area contributed by atoms with Crippen molar-refractivity contribution in [3.63, 3.8) is 0 Å². The van der Waals surface area contributed by atoms with Crippen LogP contribution >= 0.6 is 0 Å². The summed E-state index contributed by atoms with van der Waals surface area (Å²) >= 11 is 0. The third-order valence-electron chi connectivity index (χ3n) is 2.43. The van der Waals surface area contributed by atoms with Gasteiger partial charge in [0.1, 0.15) is 11.3 Å². The van der Waals surface area contributed by atoms with Crippen molar-refractivity contribution in [3.8, 4) is 0 Å². The average molecular weight is 206 g/mol. The molecule has 0 fully saturated rings. The fourth-order valence-corrected chi connectivity index (χ4v) is 1.64. The molecule has 0 radical (unpaired) electrons. The number of aryl methyl sites for hydroxylation is 1. The molecule has 0 aliphatic carbocycles. The highest BCUT2D eigenvalue weighted by atomic mass is 16.3.